The summed E-state index contributed by atoms with van der Waals surface area (Å²) in [7, 11) is 0. The summed E-state index contributed by atoms with van der Waals surface area (Å²) in [5, 5.41) is 3.59. The quantitative estimate of drug-likeness (QED) is 0.839. The fraction of sp³-hybridized carbons (Fsp3) is 0.571. The highest BCUT2D eigenvalue weighted by Gasteiger charge is 2.22. The van der Waals surface area contributed by atoms with Gasteiger partial charge in [-0.2, -0.15) is 0 Å². The molecule has 2 nitrogen and oxygen atoms in total. The number of anilines is 1. The number of fused-ring (bicyclic) bond motifs is 1. The molecule has 0 bridgehead atoms. The topological polar surface area (TPSA) is 15.3 Å². The van der Waals surface area contributed by atoms with Crippen molar-refractivity contribution in [2.45, 2.75) is 33.2 Å². The van der Waals surface area contributed by atoms with Gasteiger partial charge in [0.05, 0.1) is 0 Å². The minimum absolute atomic E-state index is 0.657. The molecule has 0 spiro atoms. The smallest absolute Gasteiger partial charge is 0.0403 e. The Morgan fingerprint density at radius 1 is 1.31 bits per heavy atom. The monoisotopic (exact) mass is 218 g/mol. The first-order chi connectivity index (χ1) is 7.76. The number of hydrogen-bond donors (Lipinski definition) is 1. The summed E-state index contributed by atoms with van der Waals surface area (Å²) < 4.78 is 0. The van der Waals surface area contributed by atoms with Crippen molar-refractivity contribution >= 4 is 5.69 Å². The Kier molecular flexibility index (Phi) is 3.49. The highest BCUT2D eigenvalue weighted by Crippen LogP contribution is 2.26. The number of nitrogens with one attached hydrogen (secondary N) is 1. The molecule has 1 heterocycles. The summed E-state index contributed by atoms with van der Waals surface area (Å²) in [5.74, 6) is 0. The number of para-hydroxylation sites is 1. The third kappa shape index (κ3) is 2.07. The van der Waals surface area contributed by atoms with Crippen LogP contribution < -0.4 is 5.32 Å². The first-order valence-electron chi connectivity index (χ1n) is 6.32. The third-order valence-corrected chi connectivity index (χ3v) is 3.66. The Labute approximate surface area is 98.7 Å². The number of rotatable bonds is 3. The van der Waals surface area contributed by atoms with Gasteiger partial charge in [0.1, 0.15) is 0 Å². The molecule has 1 aliphatic rings. The summed E-state index contributed by atoms with van der Waals surface area (Å²) in [6, 6.07) is 7.26. The molecule has 1 aromatic rings. The van der Waals surface area contributed by atoms with Gasteiger partial charge in [-0.1, -0.05) is 32.0 Å². The zero-order valence-corrected chi connectivity index (χ0v) is 10.6. The van der Waals surface area contributed by atoms with Gasteiger partial charge >= 0.3 is 0 Å². The SMILES string of the molecule is CCN(CC)C1CNc2c(C)cccc2C1. The molecule has 0 fully saturated rings. The van der Waals surface area contributed by atoms with E-state index in [-0.39, 0.29) is 0 Å². The van der Waals surface area contributed by atoms with Gasteiger partial charge in [0.2, 0.25) is 0 Å². The average molecular weight is 218 g/mol. The van der Waals surface area contributed by atoms with Crippen LogP contribution in [-0.4, -0.2) is 30.6 Å². The molecule has 1 aliphatic heterocycles. The summed E-state index contributed by atoms with van der Waals surface area (Å²) in [6.07, 6.45) is 1.19. The predicted octanol–water partition coefficient (Wildman–Crippen LogP) is 2.67. The van der Waals surface area contributed by atoms with Crippen LogP contribution in [0.2, 0.25) is 0 Å². The molecule has 0 saturated carbocycles. The number of hydrogen-bond acceptors (Lipinski definition) is 2. The fourth-order valence-corrected chi connectivity index (χ4v) is 2.70. The Bertz CT molecular complexity index is 356. The molecule has 1 N–H and O–H groups in total. The van der Waals surface area contributed by atoms with Crippen LogP contribution in [0.4, 0.5) is 5.69 Å². The Hall–Kier alpha value is -1.02. The molecule has 16 heavy (non-hydrogen) atoms. The van der Waals surface area contributed by atoms with Crippen molar-refractivity contribution in [3.8, 4) is 0 Å². The lowest BCUT2D eigenvalue weighted by Crippen LogP contribution is -2.43. The highest BCUT2D eigenvalue weighted by molar-refractivity contribution is 5.59. The lowest BCUT2D eigenvalue weighted by atomic mass is 9.96. The second kappa shape index (κ2) is 4.88. The van der Waals surface area contributed by atoms with E-state index < -0.39 is 0 Å². The van der Waals surface area contributed by atoms with E-state index in [9.17, 15) is 0 Å². The Morgan fingerprint density at radius 3 is 2.75 bits per heavy atom. The van der Waals surface area contributed by atoms with Crippen LogP contribution in [-0.2, 0) is 6.42 Å². The van der Waals surface area contributed by atoms with Gasteiger partial charge in [-0.3, -0.25) is 4.90 Å². The van der Waals surface area contributed by atoms with Crippen LogP contribution in [0.25, 0.3) is 0 Å². The van der Waals surface area contributed by atoms with Crippen LogP contribution in [0.1, 0.15) is 25.0 Å². The van der Waals surface area contributed by atoms with Crippen molar-refractivity contribution in [2.75, 3.05) is 25.0 Å². The average Bonchev–Trinajstić information content (AvgIpc) is 2.31. The van der Waals surface area contributed by atoms with Crippen LogP contribution in [0.3, 0.4) is 0 Å². The van der Waals surface area contributed by atoms with Gasteiger partial charge in [-0.05, 0) is 37.6 Å². The number of nitrogens with zero attached hydrogens (tertiary/aromatic N) is 1. The van der Waals surface area contributed by atoms with Gasteiger partial charge in [-0.15, -0.1) is 0 Å². The molecule has 0 amide bonds. The van der Waals surface area contributed by atoms with Crippen molar-refractivity contribution in [2.24, 2.45) is 0 Å². The van der Waals surface area contributed by atoms with Crippen molar-refractivity contribution in [1.82, 2.24) is 4.90 Å². The van der Waals surface area contributed by atoms with Crippen molar-refractivity contribution < 1.29 is 0 Å². The largest absolute Gasteiger partial charge is 0.383 e. The van der Waals surface area contributed by atoms with Crippen molar-refractivity contribution in [3.63, 3.8) is 0 Å². The second-order valence-electron chi connectivity index (χ2n) is 4.57. The standard InChI is InChI=1S/C14H22N2/c1-4-16(5-2)13-9-12-8-6-7-11(3)14(12)15-10-13/h6-8,13,15H,4-5,9-10H2,1-3H3. The molecule has 0 aromatic heterocycles. The number of likely N-dealkylation sites (N-methyl/N-ethyl adjacent to an activating group) is 1. The minimum Gasteiger partial charge on any atom is -0.383 e. The number of benzene rings is 1. The van der Waals surface area contributed by atoms with Gasteiger partial charge in [-0.25, -0.2) is 0 Å². The molecule has 0 aliphatic carbocycles. The molecular formula is C14H22N2. The van der Waals surface area contributed by atoms with E-state index in [2.05, 4.69) is 49.2 Å². The van der Waals surface area contributed by atoms with Crippen LogP contribution in [0.15, 0.2) is 18.2 Å². The van der Waals surface area contributed by atoms with E-state index in [1.165, 1.54) is 23.2 Å². The minimum atomic E-state index is 0.657. The lowest BCUT2D eigenvalue weighted by molar-refractivity contribution is 0.221. The maximum absolute atomic E-state index is 3.59. The molecule has 0 radical (unpaired) electrons. The normalized spacial score (nSPS) is 19.4. The van der Waals surface area contributed by atoms with Gasteiger partial charge in [0.25, 0.3) is 0 Å². The Morgan fingerprint density at radius 2 is 2.06 bits per heavy atom. The molecule has 1 atom stereocenters. The first-order valence-corrected chi connectivity index (χ1v) is 6.32. The van der Waals surface area contributed by atoms with Crippen molar-refractivity contribution in [3.05, 3.63) is 29.3 Å². The zero-order chi connectivity index (χ0) is 11.5. The van der Waals surface area contributed by atoms with Gasteiger partial charge in [0, 0.05) is 18.3 Å². The summed E-state index contributed by atoms with van der Waals surface area (Å²) in [5.41, 5.74) is 4.21. The molecule has 2 heteroatoms. The zero-order valence-electron chi connectivity index (χ0n) is 10.6. The molecule has 88 valence electrons. The maximum atomic E-state index is 3.59. The van der Waals surface area contributed by atoms with Crippen LogP contribution in [0.5, 0.6) is 0 Å². The van der Waals surface area contributed by atoms with Gasteiger partial charge in [0.15, 0.2) is 0 Å². The first kappa shape index (κ1) is 11.5. The molecule has 1 unspecified atom stereocenters. The summed E-state index contributed by atoms with van der Waals surface area (Å²) in [4.78, 5) is 2.54. The van der Waals surface area contributed by atoms with E-state index in [4.69, 9.17) is 0 Å². The molecule has 1 aromatic carbocycles. The van der Waals surface area contributed by atoms with Crippen LogP contribution in [0, 0.1) is 6.92 Å². The third-order valence-electron chi connectivity index (χ3n) is 3.66. The predicted molar refractivity (Wildman–Crippen MR) is 70.1 cm³/mol. The van der Waals surface area contributed by atoms with Crippen molar-refractivity contribution in [1.29, 1.82) is 0 Å². The molecular weight excluding hydrogens is 196 g/mol. The maximum Gasteiger partial charge on any atom is 0.0403 e. The summed E-state index contributed by atoms with van der Waals surface area (Å²) in [6.45, 7) is 10.0. The second-order valence-corrected chi connectivity index (χ2v) is 4.57. The summed E-state index contributed by atoms with van der Waals surface area (Å²) >= 11 is 0. The van der Waals surface area contributed by atoms with E-state index in [0.717, 1.165) is 19.6 Å². The van der Waals surface area contributed by atoms with E-state index >= 15 is 0 Å². The number of aryl methyl sites for hydroxylation is 1. The fourth-order valence-electron chi connectivity index (χ4n) is 2.70. The van der Waals surface area contributed by atoms with Gasteiger partial charge < -0.3 is 5.32 Å². The van der Waals surface area contributed by atoms with E-state index in [1.54, 1.807) is 0 Å². The Balaban J connectivity index is 2.17. The highest BCUT2D eigenvalue weighted by atomic mass is 15.2. The van der Waals surface area contributed by atoms with Crippen LogP contribution >= 0.6 is 0 Å². The molecule has 2 rings (SSSR count). The molecule has 0 saturated heterocycles. The lowest BCUT2D eigenvalue weighted by Gasteiger charge is -2.35. The van der Waals surface area contributed by atoms with E-state index in [1.807, 2.05) is 0 Å². The van der Waals surface area contributed by atoms with E-state index in [0.29, 0.717) is 6.04 Å².